The number of nitrogens with one attached hydrogen (secondary N) is 1. The highest BCUT2D eigenvalue weighted by molar-refractivity contribution is 4.90. The van der Waals surface area contributed by atoms with Crippen molar-refractivity contribution in [2.24, 2.45) is 17.3 Å². The molecule has 3 fully saturated rings. The van der Waals surface area contributed by atoms with E-state index in [1.807, 2.05) is 0 Å². The number of hydrogen-bond donors (Lipinski definition) is 1. The van der Waals surface area contributed by atoms with E-state index in [0.29, 0.717) is 0 Å². The van der Waals surface area contributed by atoms with Gasteiger partial charge in [-0.3, -0.25) is 0 Å². The molecule has 104 valence electrons. The number of nitrogens with zero attached hydrogens (tertiary/aromatic N) is 1. The van der Waals surface area contributed by atoms with Gasteiger partial charge in [-0.25, -0.2) is 0 Å². The van der Waals surface area contributed by atoms with E-state index in [4.69, 9.17) is 0 Å². The van der Waals surface area contributed by atoms with Gasteiger partial charge in [-0.2, -0.15) is 0 Å². The molecule has 3 aliphatic rings. The first-order valence-corrected chi connectivity index (χ1v) is 8.21. The standard InChI is InChI=1S/C16H30N2/c1-14-11-17-12-15(14)13-18-9-7-16(8-10-18)5-3-2-4-6-16/h14-15,17H,2-13H2,1H3/t14-,15+/m1/s1. The number of hydrogen-bond acceptors (Lipinski definition) is 2. The summed E-state index contributed by atoms with van der Waals surface area (Å²) in [7, 11) is 0. The summed E-state index contributed by atoms with van der Waals surface area (Å²) in [4.78, 5) is 2.76. The van der Waals surface area contributed by atoms with Crippen molar-refractivity contribution >= 4 is 0 Å². The zero-order valence-corrected chi connectivity index (χ0v) is 12.1. The minimum atomic E-state index is 0.772. The molecule has 3 rings (SSSR count). The molecule has 0 unspecified atom stereocenters. The average molecular weight is 250 g/mol. The van der Waals surface area contributed by atoms with Crippen LogP contribution in [-0.4, -0.2) is 37.6 Å². The molecule has 2 atom stereocenters. The molecule has 18 heavy (non-hydrogen) atoms. The SMILES string of the molecule is C[C@@H]1CNC[C@H]1CN1CCC2(CCCCC2)CC1. The van der Waals surface area contributed by atoms with E-state index in [1.54, 1.807) is 0 Å². The van der Waals surface area contributed by atoms with Gasteiger partial charge in [0.25, 0.3) is 0 Å². The fourth-order valence-corrected chi connectivity index (χ4v) is 4.45. The number of piperidine rings is 1. The lowest BCUT2D eigenvalue weighted by Crippen LogP contribution is -2.43. The van der Waals surface area contributed by atoms with Crippen molar-refractivity contribution in [2.75, 3.05) is 32.7 Å². The minimum absolute atomic E-state index is 0.772. The normalized spacial score (nSPS) is 37.2. The maximum Gasteiger partial charge on any atom is 0.00248 e. The Kier molecular flexibility index (Phi) is 3.95. The molecule has 0 bridgehead atoms. The van der Waals surface area contributed by atoms with Gasteiger partial charge in [0.2, 0.25) is 0 Å². The first-order valence-electron chi connectivity index (χ1n) is 8.21. The molecular weight excluding hydrogens is 220 g/mol. The van der Waals surface area contributed by atoms with E-state index in [0.717, 1.165) is 17.3 Å². The Balaban J connectivity index is 1.47. The van der Waals surface area contributed by atoms with E-state index >= 15 is 0 Å². The van der Waals surface area contributed by atoms with Gasteiger partial charge in [0.05, 0.1) is 0 Å². The van der Waals surface area contributed by atoms with Crippen molar-refractivity contribution < 1.29 is 0 Å². The van der Waals surface area contributed by atoms with Crippen LogP contribution in [0.25, 0.3) is 0 Å². The lowest BCUT2D eigenvalue weighted by atomic mass is 9.68. The summed E-state index contributed by atoms with van der Waals surface area (Å²) in [6, 6.07) is 0. The van der Waals surface area contributed by atoms with Crippen molar-refractivity contribution in [1.82, 2.24) is 10.2 Å². The summed E-state index contributed by atoms with van der Waals surface area (Å²) in [6.45, 7) is 9.01. The molecule has 1 N–H and O–H groups in total. The zero-order valence-electron chi connectivity index (χ0n) is 12.1. The molecule has 2 aliphatic heterocycles. The van der Waals surface area contributed by atoms with E-state index in [2.05, 4.69) is 17.1 Å². The average Bonchev–Trinajstić information content (AvgIpc) is 2.79. The highest BCUT2D eigenvalue weighted by atomic mass is 15.1. The second kappa shape index (κ2) is 5.50. The molecule has 2 saturated heterocycles. The molecule has 0 aromatic heterocycles. The molecule has 2 nitrogen and oxygen atoms in total. The van der Waals surface area contributed by atoms with Crippen LogP contribution >= 0.6 is 0 Å². The van der Waals surface area contributed by atoms with Gasteiger partial charge in [-0.15, -0.1) is 0 Å². The van der Waals surface area contributed by atoms with Gasteiger partial charge >= 0.3 is 0 Å². The third-order valence-corrected chi connectivity index (χ3v) is 6.00. The molecule has 0 amide bonds. The molecule has 1 saturated carbocycles. The largest absolute Gasteiger partial charge is 0.316 e. The molecule has 0 radical (unpaired) electrons. The second-order valence-corrected chi connectivity index (χ2v) is 7.26. The highest BCUT2D eigenvalue weighted by Gasteiger charge is 2.36. The summed E-state index contributed by atoms with van der Waals surface area (Å²) in [6.07, 6.45) is 10.5. The topological polar surface area (TPSA) is 15.3 Å². The van der Waals surface area contributed by atoms with Gasteiger partial charge in [0, 0.05) is 6.54 Å². The Morgan fingerprint density at radius 2 is 1.72 bits per heavy atom. The molecule has 0 aromatic rings. The predicted molar refractivity (Wildman–Crippen MR) is 76.7 cm³/mol. The van der Waals surface area contributed by atoms with Crippen LogP contribution in [0.2, 0.25) is 0 Å². The van der Waals surface area contributed by atoms with E-state index in [9.17, 15) is 0 Å². The Hall–Kier alpha value is -0.0800. The number of likely N-dealkylation sites (tertiary alicyclic amines) is 1. The van der Waals surface area contributed by atoms with Crippen molar-refractivity contribution in [3.63, 3.8) is 0 Å². The van der Waals surface area contributed by atoms with Crippen molar-refractivity contribution in [2.45, 2.75) is 51.9 Å². The van der Waals surface area contributed by atoms with Crippen LogP contribution in [0.4, 0.5) is 0 Å². The fraction of sp³-hybridized carbons (Fsp3) is 1.00. The third kappa shape index (κ3) is 2.75. The lowest BCUT2D eigenvalue weighted by molar-refractivity contribution is 0.0583. The molecular formula is C16H30N2. The summed E-state index contributed by atoms with van der Waals surface area (Å²) >= 11 is 0. The quantitative estimate of drug-likeness (QED) is 0.810. The monoisotopic (exact) mass is 250 g/mol. The molecule has 1 aliphatic carbocycles. The maximum atomic E-state index is 3.54. The Morgan fingerprint density at radius 3 is 2.33 bits per heavy atom. The van der Waals surface area contributed by atoms with Gasteiger partial charge in [-0.05, 0) is 69.1 Å². The van der Waals surface area contributed by atoms with Crippen LogP contribution in [0.3, 0.4) is 0 Å². The summed E-state index contributed by atoms with van der Waals surface area (Å²) in [5.74, 6) is 1.79. The molecule has 2 heteroatoms. The van der Waals surface area contributed by atoms with Gasteiger partial charge in [0.15, 0.2) is 0 Å². The van der Waals surface area contributed by atoms with Crippen LogP contribution in [0.5, 0.6) is 0 Å². The molecule has 1 spiro atoms. The Labute approximate surface area is 113 Å². The highest BCUT2D eigenvalue weighted by Crippen LogP contribution is 2.44. The maximum absolute atomic E-state index is 3.54. The van der Waals surface area contributed by atoms with Crippen molar-refractivity contribution in [3.05, 3.63) is 0 Å². The Morgan fingerprint density at radius 1 is 1.00 bits per heavy atom. The van der Waals surface area contributed by atoms with Gasteiger partial charge in [-0.1, -0.05) is 26.2 Å². The van der Waals surface area contributed by atoms with Gasteiger partial charge < -0.3 is 10.2 Å². The zero-order chi connectivity index (χ0) is 12.4. The lowest BCUT2D eigenvalue weighted by Gasteiger charge is -2.45. The first-order chi connectivity index (χ1) is 8.77. The molecule has 2 heterocycles. The van der Waals surface area contributed by atoms with E-state index in [1.165, 1.54) is 77.7 Å². The smallest absolute Gasteiger partial charge is 0.00248 e. The number of rotatable bonds is 2. The summed E-state index contributed by atoms with van der Waals surface area (Å²) in [5, 5.41) is 3.54. The van der Waals surface area contributed by atoms with Crippen molar-refractivity contribution in [3.8, 4) is 0 Å². The van der Waals surface area contributed by atoms with E-state index < -0.39 is 0 Å². The predicted octanol–water partition coefficient (Wildman–Crippen LogP) is 2.89. The van der Waals surface area contributed by atoms with Crippen LogP contribution in [-0.2, 0) is 0 Å². The van der Waals surface area contributed by atoms with Crippen molar-refractivity contribution in [1.29, 1.82) is 0 Å². The Bertz CT molecular complexity index is 260. The summed E-state index contributed by atoms with van der Waals surface area (Å²) in [5.41, 5.74) is 0.772. The third-order valence-electron chi connectivity index (χ3n) is 6.00. The van der Waals surface area contributed by atoms with Crippen LogP contribution in [0.15, 0.2) is 0 Å². The minimum Gasteiger partial charge on any atom is -0.316 e. The fourth-order valence-electron chi connectivity index (χ4n) is 4.45. The molecule has 0 aromatic carbocycles. The van der Waals surface area contributed by atoms with Crippen LogP contribution in [0.1, 0.15) is 51.9 Å². The van der Waals surface area contributed by atoms with Crippen LogP contribution in [0, 0.1) is 17.3 Å². The first kappa shape index (κ1) is 12.9. The summed E-state index contributed by atoms with van der Waals surface area (Å²) < 4.78 is 0. The van der Waals surface area contributed by atoms with Crippen LogP contribution < -0.4 is 5.32 Å². The van der Waals surface area contributed by atoms with E-state index in [-0.39, 0.29) is 0 Å². The second-order valence-electron chi connectivity index (χ2n) is 7.26. The van der Waals surface area contributed by atoms with Gasteiger partial charge in [0.1, 0.15) is 0 Å².